The van der Waals surface area contributed by atoms with Gasteiger partial charge in [0.1, 0.15) is 5.60 Å². The fourth-order valence-corrected chi connectivity index (χ4v) is 5.07. The van der Waals surface area contributed by atoms with Crippen LogP contribution >= 0.6 is 23.8 Å². The predicted molar refractivity (Wildman–Crippen MR) is 133 cm³/mol. The number of likely N-dealkylation sites (tertiary alicyclic amines) is 1. The van der Waals surface area contributed by atoms with Gasteiger partial charge < -0.3 is 15.3 Å². The molecule has 0 aliphatic carbocycles. The van der Waals surface area contributed by atoms with Crippen molar-refractivity contribution in [2.75, 3.05) is 18.4 Å². The molecule has 8 heteroatoms. The normalized spacial score (nSPS) is 15.3. The van der Waals surface area contributed by atoms with E-state index in [0.717, 1.165) is 17.2 Å². The van der Waals surface area contributed by atoms with E-state index in [9.17, 15) is 18.3 Å². The summed E-state index contributed by atoms with van der Waals surface area (Å²) in [6, 6.07) is 22.9. The number of hydrogen-bond donors (Lipinski definition) is 2. The van der Waals surface area contributed by atoms with Gasteiger partial charge in [-0.1, -0.05) is 72.3 Å². The Morgan fingerprint density at radius 3 is 1.94 bits per heavy atom. The minimum absolute atomic E-state index is 0.0521. The molecule has 1 aliphatic heterocycles. The Kier molecular flexibility index (Phi) is 7.17. The smallest absolute Gasteiger partial charge is 0.380 e. The van der Waals surface area contributed by atoms with E-state index < -0.39 is 17.3 Å². The highest BCUT2D eigenvalue weighted by atomic mass is 35.5. The van der Waals surface area contributed by atoms with Gasteiger partial charge in [0.15, 0.2) is 5.11 Å². The van der Waals surface area contributed by atoms with Crippen LogP contribution in [0.2, 0.25) is 5.02 Å². The third kappa shape index (κ3) is 5.06. The molecular weight excluding hydrogens is 481 g/mol. The standard InChI is InChI=1S/C26H24ClF3N2OS/c27-23-12-11-21(17-22(23)26(28,29)30)31-24(34)32-15-13-20(14-16-32)25(33,18-7-3-1-4-8-18)19-9-5-2-6-10-19/h1-12,17,20,33H,13-16H2,(H,31,34). The summed E-state index contributed by atoms with van der Waals surface area (Å²) in [5.74, 6) is -0.0521. The van der Waals surface area contributed by atoms with Crippen molar-refractivity contribution in [3.05, 3.63) is 101 Å². The number of benzene rings is 3. The largest absolute Gasteiger partial charge is 0.417 e. The second kappa shape index (κ2) is 9.94. The lowest BCUT2D eigenvalue weighted by Crippen LogP contribution is -2.47. The molecule has 0 aromatic heterocycles. The number of hydrogen-bond acceptors (Lipinski definition) is 2. The molecule has 0 bridgehead atoms. The third-order valence-electron chi connectivity index (χ3n) is 6.32. The van der Waals surface area contributed by atoms with E-state index in [-0.39, 0.29) is 16.6 Å². The molecule has 34 heavy (non-hydrogen) atoms. The van der Waals surface area contributed by atoms with Crippen molar-refractivity contribution in [1.82, 2.24) is 4.90 Å². The van der Waals surface area contributed by atoms with Crippen LogP contribution in [0.25, 0.3) is 0 Å². The number of alkyl halides is 3. The van der Waals surface area contributed by atoms with Gasteiger partial charge in [-0.2, -0.15) is 13.2 Å². The highest BCUT2D eigenvalue weighted by molar-refractivity contribution is 7.80. The van der Waals surface area contributed by atoms with Gasteiger partial charge in [0.25, 0.3) is 0 Å². The zero-order chi connectivity index (χ0) is 24.3. The zero-order valence-electron chi connectivity index (χ0n) is 18.2. The number of nitrogens with zero attached hydrogens (tertiary/aromatic N) is 1. The highest BCUT2D eigenvalue weighted by Gasteiger charge is 2.41. The van der Waals surface area contributed by atoms with Crippen LogP contribution in [0, 0.1) is 5.92 Å². The molecule has 3 aromatic rings. The van der Waals surface area contributed by atoms with Crippen LogP contribution in [0.3, 0.4) is 0 Å². The first-order valence-corrected chi connectivity index (χ1v) is 11.7. The van der Waals surface area contributed by atoms with Crippen molar-refractivity contribution in [3.63, 3.8) is 0 Å². The Hall–Kier alpha value is -2.61. The van der Waals surface area contributed by atoms with Gasteiger partial charge in [-0.25, -0.2) is 0 Å². The van der Waals surface area contributed by atoms with Crippen LogP contribution < -0.4 is 5.32 Å². The molecule has 4 rings (SSSR count). The Morgan fingerprint density at radius 1 is 0.912 bits per heavy atom. The lowest BCUT2D eigenvalue weighted by atomic mass is 9.72. The molecule has 3 aromatic carbocycles. The molecule has 1 heterocycles. The molecule has 178 valence electrons. The van der Waals surface area contributed by atoms with Crippen molar-refractivity contribution in [2.45, 2.75) is 24.6 Å². The van der Waals surface area contributed by atoms with Gasteiger partial charge in [0.2, 0.25) is 0 Å². The summed E-state index contributed by atoms with van der Waals surface area (Å²) in [6.07, 6.45) is -3.22. The SMILES string of the molecule is OC(c1ccccc1)(c1ccccc1)C1CCN(C(=S)Nc2ccc(Cl)c(C(F)(F)F)c2)CC1. The summed E-state index contributed by atoms with van der Waals surface area (Å²) < 4.78 is 39.5. The number of thiocarbonyl (C=S) groups is 1. The maximum atomic E-state index is 13.2. The first-order chi connectivity index (χ1) is 16.2. The molecule has 0 amide bonds. The number of piperidine rings is 1. The van der Waals surface area contributed by atoms with Gasteiger partial charge in [-0.15, -0.1) is 0 Å². The first kappa shape index (κ1) is 24.5. The van der Waals surface area contributed by atoms with Crippen LogP contribution in [0.4, 0.5) is 18.9 Å². The van der Waals surface area contributed by atoms with Crippen molar-refractivity contribution in [2.24, 2.45) is 5.92 Å². The molecule has 1 fully saturated rings. The van der Waals surface area contributed by atoms with E-state index in [4.69, 9.17) is 23.8 Å². The van der Waals surface area contributed by atoms with Gasteiger partial charge >= 0.3 is 6.18 Å². The van der Waals surface area contributed by atoms with Crippen LogP contribution in [0.15, 0.2) is 78.9 Å². The zero-order valence-corrected chi connectivity index (χ0v) is 19.8. The summed E-state index contributed by atoms with van der Waals surface area (Å²) in [5, 5.41) is 14.9. The van der Waals surface area contributed by atoms with E-state index in [0.29, 0.717) is 31.0 Å². The first-order valence-electron chi connectivity index (χ1n) is 11.0. The topological polar surface area (TPSA) is 35.5 Å². The lowest BCUT2D eigenvalue weighted by Gasteiger charge is -2.43. The Balaban J connectivity index is 1.48. The quantitative estimate of drug-likeness (QED) is 0.387. The minimum Gasteiger partial charge on any atom is -0.380 e. The van der Waals surface area contributed by atoms with Crippen LogP contribution in [-0.2, 0) is 11.8 Å². The molecule has 0 atom stereocenters. The van der Waals surface area contributed by atoms with E-state index in [1.807, 2.05) is 65.6 Å². The predicted octanol–water partition coefficient (Wildman–Crippen LogP) is 6.70. The summed E-state index contributed by atoms with van der Waals surface area (Å²) in [7, 11) is 0. The third-order valence-corrected chi connectivity index (χ3v) is 7.01. The van der Waals surface area contributed by atoms with Gasteiger partial charge in [-0.3, -0.25) is 0 Å². The highest BCUT2D eigenvalue weighted by Crippen LogP contribution is 2.42. The molecule has 0 saturated carbocycles. The van der Waals surface area contributed by atoms with E-state index in [1.54, 1.807) is 0 Å². The van der Waals surface area contributed by atoms with Crippen LogP contribution in [0.5, 0.6) is 0 Å². The average molecular weight is 505 g/mol. The summed E-state index contributed by atoms with van der Waals surface area (Å²) in [5.41, 5.74) is -0.158. The maximum absolute atomic E-state index is 13.2. The van der Waals surface area contributed by atoms with Crippen molar-refractivity contribution in [3.8, 4) is 0 Å². The lowest BCUT2D eigenvalue weighted by molar-refractivity contribution is -0.137. The van der Waals surface area contributed by atoms with Gasteiger partial charge in [0, 0.05) is 18.8 Å². The van der Waals surface area contributed by atoms with E-state index >= 15 is 0 Å². The van der Waals surface area contributed by atoms with Crippen LogP contribution in [0.1, 0.15) is 29.5 Å². The second-order valence-corrected chi connectivity index (χ2v) is 9.18. The number of nitrogens with one attached hydrogen (secondary N) is 1. The van der Waals surface area contributed by atoms with E-state index in [1.165, 1.54) is 12.1 Å². The Morgan fingerprint density at radius 2 is 1.44 bits per heavy atom. The molecular formula is C26H24ClF3N2OS. The summed E-state index contributed by atoms with van der Waals surface area (Å²) in [4.78, 5) is 1.92. The molecule has 0 radical (unpaired) electrons. The molecule has 0 spiro atoms. The fraction of sp³-hybridized carbons (Fsp3) is 0.269. The molecule has 2 N–H and O–H groups in total. The molecule has 1 aliphatic rings. The number of rotatable bonds is 4. The number of aliphatic hydroxyl groups is 1. The molecule has 0 unspecified atom stereocenters. The Bertz CT molecular complexity index is 1090. The maximum Gasteiger partial charge on any atom is 0.417 e. The minimum atomic E-state index is -4.55. The van der Waals surface area contributed by atoms with Crippen molar-refractivity contribution < 1.29 is 18.3 Å². The fourth-order valence-electron chi connectivity index (χ4n) is 4.55. The average Bonchev–Trinajstić information content (AvgIpc) is 2.85. The van der Waals surface area contributed by atoms with Gasteiger partial charge in [-0.05, 0) is 60.3 Å². The monoisotopic (exact) mass is 504 g/mol. The van der Waals surface area contributed by atoms with Gasteiger partial charge in [0.05, 0.1) is 10.6 Å². The Labute approximate surface area is 207 Å². The summed E-state index contributed by atoms with van der Waals surface area (Å²) in [6.45, 7) is 1.14. The summed E-state index contributed by atoms with van der Waals surface area (Å²) >= 11 is 11.2. The number of halogens is 4. The second-order valence-electron chi connectivity index (χ2n) is 8.38. The van der Waals surface area contributed by atoms with Crippen molar-refractivity contribution in [1.29, 1.82) is 0 Å². The van der Waals surface area contributed by atoms with Crippen LogP contribution in [-0.4, -0.2) is 28.2 Å². The number of anilines is 1. The molecule has 1 saturated heterocycles. The van der Waals surface area contributed by atoms with Crippen molar-refractivity contribution >= 4 is 34.6 Å². The molecule has 3 nitrogen and oxygen atoms in total. The van der Waals surface area contributed by atoms with E-state index in [2.05, 4.69) is 5.32 Å².